The Bertz CT molecular complexity index is 1220. The van der Waals surface area contributed by atoms with Crippen molar-refractivity contribution in [3.8, 4) is 11.3 Å². The maximum atomic E-state index is 12.5. The molecule has 0 unspecified atom stereocenters. The lowest BCUT2D eigenvalue weighted by molar-refractivity contribution is -0.385. The fourth-order valence-electron chi connectivity index (χ4n) is 2.78. The van der Waals surface area contributed by atoms with E-state index < -0.39 is 4.92 Å². The van der Waals surface area contributed by atoms with Crippen LogP contribution >= 0.6 is 11.3 Å². The molecule has 1 N–H and O–H groups in total. The van der Waals surface area contributed by atoms with Gasteiger partial charge in [-0.2, -0.15) is 0 Å². The molecule has 0 saturated carbocycles. The number of aromatic nitrogens is 2. The average molecular weight is 390 g/mol. The molecule has 0 fully saturated rings. The van der Waals surface area contributed by atoms with Crippen LogP contribution in [-0.2, 0) is 0 Å². The number of para-hydroxylation sites is 1. The number of thiazole rings is 1. The summed E-state index contributed by atoms with van der Waals surface area (Å²) in [6, 6.07) is 16.0. The Kier molecular flexibility index (Phi) is 4.54. The van der Waals surface area contributed by atoms with Crippen molar-refractivity contribution in [3.05, 3.63) is 81.3 Å². The lowest BCUT2D eigenvalue weighted by Gasteiger charge is -2.03. The largest absolute Gasteiger partial charge is 0.296 e. The monoisotopic (exact) mass is 390 g/mol. The molecule has 4 aromatic rings. The van der Waals surface area contributed by atoms with E-state index in [-0.39, 0.29) is 11.6 Å². The number of fused-ring (bicyclic) bond motifs is 1. The van der Waals surface area contributed by atoms with Gasteiger partial charge in [-0.15, -0.1) is 11.3 Å². The minimum Gasteiger partial charge on any atom is -0.296 e. The van der Waals surface area contributed by atoms with Crippen LogP contribution in [0.15, 0.2) is 60.0 Å². The first-order chi connectivity index (χ1) is 13.5. The highest BCUT2D eigenvalue weighted by Gasteiger charge is 2.15. The van der Waals surface area contributed by atoms with Crippen molar-refractivity contribution in [1.82, 2.24) is 9.97 Å². The van der Waals surface area contributed by atoms with Crippen LogP contribution in [0.2, 0.25) is 0 Å². The van der Waals surface area contributed by atoms with Gasteiger partial charge in [-0.3, -0.25) is 20.2 Å². The molecule has 2 aromatic heterocycles. The van der Waals surface area contributed by atoms with Gasteiger partial charge in [-0.1, -0.05) is 36.4 Å². The fourth-order valence-corrected chi connectivity index (χ4v) is 3.50. The quantitative estimate of drug-likeness (QED) is 0.398. The zero-order chi connectivity index (χ0) is 19.7. The molecule has 0 aliphatic carbocycles. The summed E-state index contributed by atoms with van der Waals surface area (Å²) in [5.74, 6) is -0.360. The molecule has 138 valence electrons. The van der Waals surface area contributed by atoms with E-state index in [0.29, 0.717) is 27.6 Å². The summed E-state index contributed by atoms with van der Waals surface area (Å²) >= 11 is 1.25. The van der Waals surface area contributed by atoms with E-state index in [1.165, 1.54) is 17.4 Å². The molecule has 28 heavy (non-hydrogen) atoms. The first-order valence-corrected chi connectivity index (χ1v) is 9.27. The van der Waals surface area contributed by atoms with Crippen molar-refractivity contribution in [2.45, 2.75) is 6.92 Å². The topological polar surface area (TPSA) is 98.0 Å². The van der Waals surface area contributed by atoms with Crippen molar-refractivity contribution in [3.63, 3.8) is 0 Å². The highest BCUT2D eigenvalue weighted by molar-refractivity contribution is 7.14. The van der Waals surface area contributed by atoms with E-state index >= 15 is 0 Å². The Morgan fingerprint density at radius 2 is 1.93 bits per heavy atom. The Morgan fingerprint density at radius 1 is 1.11 bits per heavy atom. The number of pyridine rings is 1. The van der Waals surface area contributed by atoms with Crippen LogP contribution in [0.3, 0.4) is 0 Å². The molecule has 0 radical (unpaired) electrons. The average Bonchev–Trinajstić information content (AvgIpc) is 3.16. The molecular weight excluding hydrogens is 376 g/mol. The fraction of sp³-hybridized carbons (Fsp3) is 0.0500. The van der Waals surface area contributed by atoms with Crippen LogP contribution in [0.4, 0.5) is 10.8 Å². The van der Waals surface area contributed by atoms with Gasteiger partial charge in [0.25, 0.3) is 11.6 Å². The number of carbonyl (C=O) groups is 1. The van der Waals surface area contributed by atoms with Gasteiger partial charge < -0.3 is 0 Å². The normalized spacial score (nSPS) is 10.8. The molecule has 7 nitrogen and oxygen atoms in total. The minimum atomic E-state index is -0.417. The third-order valence-corrected chi connectivity index (χ3v) is 5.02. The van der Waals surface area contributed by atoms with Gasteiger partial charge in [-0.25, -0.2) is 9.97 Å². The predicted molar refractivity (Wildman–Crippen MR) is 109 cm³/mol. The lowest BCUT2D eigenvalue weighted by Crippen LogP contribution is -2.13. The van der Waals surface area contributed by atoms with Gasteiger partial charge in [0, 0.05) is 28.0 Å². The first-order valence-electron chi connectivity index (χ1n) is 8.39. The van der Waals surface area contributed by atoms with Crippen molar-refractivity contribution >= 4 is 39.0 Å². The molecule has 0 aliphatic rings. The van der Waals surface area contributed by atoms with Crippen molar-refractivity contribution < 1.29 is 9.72 Å². The Balaban J connectivity index is 1.56. The minimum absolute atomic E-state index is 0.0384. The van der Waals surface area contributed by atoms with Crippen molar-refractivity contribution in [2.24, 2.45) is 0 Å². The Labute approximate surface area is 163 Å². The van der Waals surface area contributed by atoms with E-state index in [2.05, 4.69) is 15.3 Å². The van der Waals surface area contributed by atoms with E-state index in [0.717, 1.165) is 10.9 Å². The molecule has 0 spiro atoms. The lowest BCUT2D eigenvalue weighted by atomic mass is 10.1. The number of carbonyl (C=O) groups excluding carboxylic acids is 1. The second kappa shape index (κ2) is 7.16. The van der Waals surface area contributed by atoms with Crippen LogP contribution in [0, 0.1) is 17.0 Å². The third-order valence-electron chi connectivity index (χ3n) is 4.26. The molecule has 0 atom stereocenters. The maximum absolute atomic E-state index is 12.5. The second-order valence-electron chi connectivity index (χ2n) is 6.14. The van der Waals surface area contributed by atoms with E-state index in [4.69, 9.17) is 0 Å². The molecule has 8 heteroatoms. The highest BCUT2D eigenvalue weighted by Crippen LogP contribution is 2.29. The zero-order valence-corrected chi connectivity index (χ0v) is 15.6. The number of nitro groups is 1. The first kappa shape index (κ1) is 17.7. The summed E-state index contributed by atoms with van der Waals surface area (Å²) in [5.41, 5.74) is 2.84. The molecule has 0 bridgehead atoms. The van der Waals surface area contributed by atoms with Crippen LogP contribution in [0.25, 0.3) is 22.2 Å². The van der Waals surface area contributed by atoms with Crippen LogP contribution in [-0.4, -0.2) is 20.8 Å². The summed E-state index contributed by atoms with van der Waals surface area (Å²) in [6.07, 6.45) is 0. The number of hydrogen-bond acceptors (Lipinski definition) is 6. The number of aryl methyl sites for hydroxylation is 1. The van der Waals surface area contributed by atoms with Gasteiger partial charge in [0.05, 0.1) is 16.1 Å². The molecular formula is C20H14N4O3S. The number of amides is 1. The Morgan fingerprint density at radius 3 is 2.75 bits per heavy atom. The third kappa shape index (κ3) is 3.45. The zero-order valence-electron chi connectivity index (χ0n) is 14.7. The number of nitrogens with one attached hydrogen (secondary N) is 1. The number of nitrogens with zero attached hydrogens (tertiary/aromatic N) is 3. The van der Waals surface area contributed by atoms with Crippen LogP contribution in [0.5, 0.6) is 0 Å². The van der Waals surface area contributed by atoms with Gasteiger partial charge in [0.2, 0.25) is 0 Å². The Hall–Kier alpha value is -3.65. The predicted octanol–water partition coefficient (Wildman–Crippen LogP) is 4.83. The molecule has 0 aliphatic heterocycles. The smallest absolute Gasteiger partial charge is 0.276 e. The second-order valence-corrected chi connectivity index (χ2v) is 7.00. The summed E-state index contributed by atoms with van der Waals surface area (Å²) < 4.78 is 0. The van der Waals surface area contributed by atoms with Crippen LogP contribution in [0.1, 0.15) is 16.1 Å². The van der Waals surface area contributed by atoms with Gasteiger partial charge in [-0.05, 0) is 19.1 Å². The molecule has 2 heterocycles. The summed E-state index contributed by atoms with van der Waals surface area (Å²) in [7, 11) is 0. The number of anilines is 1. The number of benzene rings is 2. The number of hydrogen-bond donors (Lipinski definition) is 1. The standard InChI is InChI=1S/C20H14N4O3S/c1-12-6-7-14(10-18(12)24(26)27)17-11-28-20(22-17)23-19(25)16-9-8-13-4-2-3-5-15(13)21-16/h2-11H,1H3,(H,22,23,25). The molecule has 1 amide bonds. The van der Waals surface area contributed by atoms with Gasteiger partial charge >= 0.3 is 0 Å². The summed E-state index contributed by atoms with van der Waals surface area (Å²) in [4.78, 5) is 31.9. The van der Waals surface area contributed by atoms with E-state index in [9.17, 15) is 14.9 Å². The summed E-state index contributed by atoms with van der Waals surface area (Å²) in [6.45, 7) is 1.69. The van der Waals surface area contributed by atoms with E-state index in [1.807, 2.05) is 30.3 Å². The maximum Gasteiger partial charge on any atom is 0.276 e. The summed E-state index contributed by atoms with van der Waals surface area (Å²) in [5, 5.41) is 17.0. The molecule has 4 rings (SSSR count). The highest BCUT2D eigenvalue weighted by atomic mass is 32.1. The van der Waals surface area contributed by atoms with Crippen LogP contribution < -0.4 is 5.32 Å². The van der Waals surface area contributed by atoms with Gasteiger partial charge in [0.1, 0.15) is 5.69 Å². The number of rotatable bonds is 4. The van der Waals surface area contributed by atoms with Gasteiger partial charge in [0.15, 0.2) is 5.13 Å². The molecule has 0 saturated heterocycles. The van der Waals surface area contributed by atoms with Crippen molar-refractivity contribution in [1.29, 1.82) is 0 Å². The SMILES string of the molecule is Cc1ccc(-c2csc(NC(=O)c3ccc4ccccc4n3)n2)cc1[N+](=O)[O-]. The number of nitro benzene ring substituents is 1. The van der Waals surface area contributed by atoms with Crippen molar-refractivity contribution in [2.75, 3.05) is 5.32 Å². The van der Waals surface area contributed by atoms with E-state index in [1.54, 1.807) is 30.5 Å². The molecule has 2 aromatic carbocycles.